The summed E-state index contributed by atoms with van der Waals surface area (Å²) in [6, 6.07) is 15.1. The van der Waals surface area contributed by atoms with E-state index < -0.39 is 0 Å². The van der Waals surface area contributed by atoms with Crippen LogP contribution in [0.3, 0.4) is 0 Å². The Balaban J connectivity index is 1.84. The van der Waals surface area contributed by atoms with E-state index in [1.165, 1.54) is 4.90 Å². The van der Waals surface area contributed by atoms with Crippen molar-refractivity contribution in [1.29, 1.82) is 0 Å². The molecular weight excluding hydrogens is 388 g/mol. The Morgan fingerprint density at radius 3 is 2.23 bits per heavy atom. The van der Waals surface area contributed by atoms with Gasteiger partial charge < -0.3 is 9.64 Å². The van der Waals surface area contributed by atoms with Crippen molar-refractivity contribution in [3.8, 4) is 5.75 Å². The second-order valence-electron chi connectivity index (χ2n) is 8.79. The van der Waals surface area contributed by atoms with Crippen LogP contribution in [0.5, 0.6) is 5.75 Å². The first-order chi connectivity index (χ1) is 14.9. The lowest BCUT2D eigenvalue weighted by atomic mass is 9.91. The van der Waals surface area contributed by atoms with Gasteiger partial charge in [0.1, 0.15) is 11.4 Å². The molecule has 0 saturated carbocycles. The minimum absolute atomic E-state index is 0.269. The minimum Gasteiger partial charge on any atom is -0.492 e. The smallest absolute Gasteiger partial charge is 0.282 e. The van der Waals surface area contributed by atoms with Gasteiger partial charge in [0.05, 0.1) is 17.9 Å². The summed E-state index contributed by atoms with van der Waals surface area (Å²) in [4.78, 5) is 30.9. The van der Waals surface area contributed by atoms with Crippen LogP contribution >= 0.6 is 0 Å². The molecule has 31 heavy (non-hydrogen) atoms. The molecule has 2 atom stereocenters. The maximum absolute atomic E-state index is 13.8. The third-order valence-electron chi connectivity index (χ3n) is 5.99. The summed E-state index contributed by atoms with van der Waals surface area (Å²) in [5, 5.41) is 0. The lowest BCUT2D eigenvalue weighted by molar-refractivity contribution is -0.120. The van der Waals surface area contributed by atoms with Crippen LogP contribution in [-0.2, 0) is 9.59 Å². The average molecular weight is 419 g/mol. The Bertz CT molecular complexity index is 1020. The summed E-state index contributed by atoms with van der Waals surface area (Å²) in [5.41, 5.74) is 3.39. The van der Waals surface area contributed by atoms with E-state index in [-0.39, 0.29) is 11.8 Å². The summed E-state index contributed by atoms with van der Waals surface area (Å²) in [6.45, 7) is 10.3. The van der Waals surface area contributed by atoms with Crippen molar-refractivity contribution in [2.24, 2.45) is 11.8 Å². The van der Waals surface area contributed by atoms with Crippen molar-refractivity contribution >= 4 is 23.1 Å². The van der Waals surface area contributed by atoms with Gasteiger partial charge in [0.15, 0.2) is 0 Å². The zero-order chi connectivity index (χ0) is 22.1. The van der Waals surface area contributed by atoms with E-state index in [9.17, 15) is 9.59 Å². The zero-order valence-corrected chi connectivity index (χ0v) is 18.7. The molecule has 1 fully saturated rings. The van der Waals surface area contributed by atoms with Crippen LogP contribution in [0.2, 0.25) is 0 Å². The van der Waals surface area contributed by atoms with Gasteiger partial charge in [-0.15, -0.1) is 0 Å². The first-order valence-electron chi connectivity index (χ1n) is 11.1. The molecule has 2 aromatic carbocycles. The van der Waals surface area contributed by atoms with Crippen molar-refractivity contribution in [3.63, 3.8) is 0 Å². The number of rotatable bonds is 5. The molecule has 0 N–H and O–H groups in total. The van der Waals surface area contributed by atoms with Crippen molar-refractivity contribution in [1.82, 2.24) is 4.90 Å². The average Bonchev–Trinajstić information content (AvgIpc) is 2.99. The number of amides is 2. The number of likely N-dealkylation sites (tertiary alicyclic amines) is 1. The highest BCUT2D eigenvalue weighted by molar-refractivity contribution is 6.45. The molecule has 4 rings (SSSR count). The molecule has 5 heteroatoms. The number of benzene rings is 2. The van der Waals surface area contributed by atoms with E-state index in [0.29, 0.717) is 41.1 Å². The van der Waals surface area contributed by atoms with Gasteiger partial charge in [-0.2, -0.15) is 0 Å². The maximum Gasteiger partial charge on any atom is 0.282 e. The van der Waals surface area contributed by atoms with E-state index in [2.05, 4.69) is 18.7 Å². The molecule has 2 amide bonds. The Kier molecular flexibility index (Phi) is 5.86. The number of piperidine rings is 1. The van der Waals surface area contributed by atoms with Crippen LogP contribution in [0.15, 0.2) is 54.2 Å². The number of nitrogens with zero attached hydrogens (tertiary/aromatic N) is 2. The molecule has 0 aliphatic carbocycles. The Morgan fingerprint density at radius 2 is 1.58 bits per heavy atom. The van der Waals surface area contributed by atoms with E-state index in [0.717, 1.165) is 30.6 Å². The molecule has 0 aromatic heterocycles. The fraction of sp³-hybridized carbons (Fsp3) is 0.385. The highest BCUT2D eigenvalue weighted by atomic mass is 16.5. The first kappa shape index (κ1) is 21.2. The second kappa shape index (κ2) is 8.58. The number of aryl methyl sites for hydroxylation is 1. The fourth-order valence-corrected chi connectivity index (χ4v) is 4.78. The van der Waals surface area contributed by atoms with E-state index >= 15 is 0 Å². The normalized spacial score (nSPS) is 21.8. The molecule has 5 nitrogen and oxygen atoms in total. The standard InChI is InChI=1S/C26H30N2O3/c1-5-31-22-9-7-6-8-21(22)28-25(29)23(20-12-10-17(2)11-13-20)24(26(28)30)27-15-18(3)14-19(4)16-27/h6-13,18-19H,5,14-16H2,1-4H3. The van der Waals surface area contributed by atoms with Crippen LogP contribution in [-0.4, -0.2) is 36.4 Å². The molecular formula is C26H30N2O3. The predicted molar refractivity (Wildman–Crippen MR) is 123 cm³/mol. The topological polar surface area (TPSA) is 49.9 Å². The number of carbonyl (C=O) groups excluding carboxylic acids is 2. The summed E-state index contributed by atoms with van der Waals surface area (Å²) < 4.78 is 5.74. The molecule has 1 saturated heterocycles. The summed E-state index contributed by atoms with van der Waals surface area (Å²) in [6.07, 6.45) is 1.13. The third kappa shape index (κ3) is 3.97. The molecule has 0 radical (unpaired) electrons. The molecule has 0 bridgehead atoms. The van der Waals surface area contributed by atoms with E-state index in [1.54, 1.807) is 12.1 Å². The van der Waals surface area contributed by atoms with Gasteiger partial charge in [-0.05, 0) is 49.8 Å². The maximum atomic E-state index is 13.8. The lowest BCUT2D eigenvalue weighted by Crippen LogP contribution is -2.42. The first-order valence-corrected chi connectivity index (χ1v) is 11.1. The number of hydrogen-bond acceptors (Lipinski definition) is 4. The number of para-hydroxylation sites is 2. The molecule has 162 valence electrons. The van der Waals surface area contributed by atoms with Crippen LogP contribution < -0.4 is 9.64 Å². The number of anilines is 1. The van der Waals surface area contributed by atoms with Crippen LogP contribution in [0.1, 0.15) is 38.3 Å². The Morgan fingerprint density at radius 1 is 0.935 bits per heavy atom. The zero-order valence-electron chi connectivity index (χ0n) is 18.7. The summed E-state index contributed by atoms with van der Waals surface area (Å²) in [7, 11) is 0. The van der Waals surface area contributed by atoms with E-state index in [1.807, 2.05) is 50.2 Å². The fourth-order valence-electron chi connectivity index (χ4n) is 4.78. The molecule has 2 aliphatic rings. The number of hydrogen-bond donors (Lipinski definition) is 0. The molecule has 0 spiro atoms. The molecule has 2 aromatic rings. The highest BCUT2D eigenvalue weighted by Crippen LogP contribution is 2.40. The van der Waals surface area contributed by atoms with Gasteiger partial charge in [0, 0.05) is 13.1 Å². The van der Waals surface area contributed by atoms with Crippen molar-refractivity contribution in [2.75, 3.05) is 24.6 Å². The van der Waals surface area contributed by atoms with Crippen molar-refractivity contribution in [3.05, 3.63) is 65.4 Å². The van der Waals surface area contributed by atoms with E-state index in [4.69, 9.17) is 4.74 Å². The highest BCUT2D eigenvalue weighted by Gasteiger charge is 2.44. The van der Waals surface area contributed by atoms with Crippen LogP contribution in [0, 0.1) is 18.8 Å². The van der Waals surface area contributed by atoms with Gasteiger partial charge in [-0.1, -0.05) is 55.8 Å². The van der Waals surface area contributed by atoms with Gasteiger partial charge >= 0.3 is 0 Å². The Hall–Kier alpha value is -3.08. The van der Waals surface area contributed by atoms with Crippen molar-refractivity contribution in [2.45, 2.75) is 34.1 Å². The summed E-state index contributed by atoms with van der Waals surface area (Å²) >= 11 is 0. The second-order valence-corrected chi connectivity index (χ2v) is 8.79. The molecule has 2 aliphatic heterocycles. The SMILES string of the molecule is CCOc1ccccc1N1C(=O)C(c2ccc(C)cc2)=C(N2CC(C)CC(C)C2)C1=O. The quantitative estimate of drug-likeness (QED) is 0.663. The molecule has 2 heterocycles. The summed E-state index contributed by atoms with van der Waals surface area (Å²) in [5.74, 6) is 0.902. The van der Waals surface area contributed by atoms with Gasteiger partial charge in [-0.25, -0.2) is 4.90 Å². The van der Waals surface area contributed by atoms with Crippen LogP contribution in [0.4, 0.5) is 5.69 Å². The van der Waals surface area contributed by atoms with Gasteiger partial charge in [0.25, 0.3) is 11.8 Å². The number of carbonyl (C=O) groups is 2. The van der Waals surface area contributed by atoms with Gasteiger partial charge in [0.2, 0.25) is 0 Å². The molecule has 2 unspecified atom stereocenters. The number of ether oxygens (including phenoxy) is 1. The van der Waals surface area contributed by atoms with Crippen LogP contribution in [0.25, 0.3) is 5.57 Å². The van der Waals surface area contributed by atoms with Gasteiger partial charge in [-0.3, -0.25) is 9.59 Å². The lowest BCUT2D eigenvalue weighted by Gasteiger charge is -2.37. The Labute approximate surface area is 184 Å². The third-order valence-corrected chi connectivity index (χ3v) is 5.99. The largest absolute Gasteiger partial charge is 0.492 e. The van der Waals surface area contributed by atoms with Crippen molar-refractivity contribution < 1.29 is 14.3 Å². The minimum atomic E-state index is -0.290. The monoisotopic (exact) mass is 418 g/mol. The number of imide groups is 1. The predicted octanol–water partition coefficient (Wildman–Crippen LogP) is 4.66.